The zero-order valence-corrected chi connectivity index (χ0v) is 14.9. The molecule has 1 aliphatic heterocycles. The number of hydrogen-bond donors (Lipinski definition) is 2. The van der Waals surface area contributed by atoms with E-state index in [9.17, 15) is 9.59 Å². The van der Waals surface area contributed by atoms with E-state index in [-0.39, 0.29) is 11.6 Å². The summed E-state index contributed by atoms with van der Waals surface area (Å²) in [6.45, 7) is 5.76. The lowest BCUT2D eigenvalue weighted by molar-refractivity contribution is 0.0811. The van der Waals surface area contributed by atoms with Gasteiger partial charge in [-0.25, -0.2) is 4.79 Å². The monoisotopic (exact) mass is 331 g/mol. The van der Waals surface area contributed by atoms with Crippen LogP contribution in [-0.2, 0) is 6.54 Å². The van der Waals surface area contributed by atoms with Gasteiger partial charge < -0.3 is 15.2 Å². The van der Waals surface area contributed by atoms with E-state index in [1.54, 1.807) is 0 Å². The summed E-state index contributed by atoms with van der Waals surface area (Å²) in [5, 5.41) is 2.93. The average Bonchev–Trinajstić information content (AvgIpc) is 2.55. The Balaban J connectivity index is 1.54. The molecule has 0 unspecified atom stereocenters. The van der Waals surface area contributed by atoms with Crippen molar-refractivity contribution < 1.29 is 4.79 Å². The number of nitrogens with zero attached hydrogens (tertiary/aromatic N) is 1. The van der Waals surface area contributed by atoms with Gasteiger partial charge in [0.25, 0.3) is 5.56 Å². The summed E-state index contributed by atoms with van der Waals surface area (Å²) in [5.41, 5.74) is 2.82. The highest BCUT2D eigenvalue weighted by Gasteiger charge is 2.36. The van der Waals surface area contributed by atoms with E-state index in [1.807, 2.05) is 24.8 Å². The summed E-state index contributed by atoms with van der Waals surface area (Å²) >= 11 is 0. The zero-order valence-electron chi connectivity index (χ0n) is 14.9. The summed E-state index contributed by atoms with van der Waals surface area (Å²) in [6.07, 6.45) is 9.00. The molecular formula is C19H29N3O2. The minimum atomic E-state index is -0.104. The number of H-pyrrole nitrogens is 1. The first-order chi connectivity index (χ1) is 11.5. The number of carbonyl (C=O) groups excluding carboxylic acids is 1. The third kappa shape index (κ3) is 3.65. The second-order valence-electron chi connectivity index (χ2n) is 7.65. The second kappa shape index (κ2) is 6.99. The van der Waals surface area contributed by atoms with E-state index in [0.717, 1.165) is 37.2 Å². The number of nitrogens with one attached hydrogen (secondary N) is 2. The Kier molecular flexibility index (Phi) is 4.97. The van der Waals surface area contributed by atoms with Crippen LogP contribution in [0.5, 0.6) is 0 Å². The molecule has 1 saturated heterocycles. The molecule has 0 aromatic carbocycles. The molecule has 2 amide bonds. The van der Waals surface area contributed by atoms with Crippen molar-refractivity contribution in [2.45, 2.75) is 65.3 Å². The zero-order chi connectivity index (χ0) is 17.2. The van der Waals surface area contributed by atoms with Gasteiger partial charge in [-0.2, -0.15) is 0 Å². The summed E-state index contributed by atoms with van der Waals surface area (Å²) in [7, 11) is 0. The van der Waals surface area contributed by atoms with E-state index in [4.69, 9.17) is 0 Å². The molecule has 5 heteroatoms. The molecule has 2 aliphatic rings. The van der Waals surface area contributed by atoms with Crippen molar-refractivity contribution in [2.24, 2.45) is 5.41 Å². The Bertz CT molecular complexity index is 649. The predicted octanol–water partition coefficient (Wildman–Crippen LogP) is 3.25. The number of hydrogen-bond acceptors (Lipinski definition) is 2. The van der Waals surface area contributed by atoms with Gasteiger partial charge in [-0.1, -0.05) is 19.3 Å². The van der Waals surface area contributed by atoms with E-state index in [1.165, 1.54) is 32.1 Å². The van der Waals surface area contributed by atoms with Gasteiger partial charge in [0, 0.05) is 24.3 Å². The number of likely N-dealkylation sites (tertiary alicyclic amines) is 1. The number of aromatic amines is 1. The van der Waals surface area contributed by atoms with Crippen molar-refractivity contribution in [2.75, 3.05) is 13.1 Å². The third-order valence-corrected chi connectivity index (χ3v) is 5.94. The van der Waals surface area contributed by atoms with Crippen LogP contribution in [0, 0.1) is 19.3 Å². The Morgan fingerprint density at radius 2 is 1.83 bits per heavy atom. The fourth-order valence-electron chi connectivity index (χ4n) is 4.36. The van der Waals surface area contributed by atoms with Crippen LogP contribution >= 0.6 is 0 Å². The molecule has 3 rings (SSSR count). The first kappa shape index (κ1) is 17.1. The van der Waals surface area contributed by atoms with E-state index in [2.05, 4.69) is 10.3 Å². The predicted molar refractivity (Wildman–Crippen MR) is 95.1 cm³/mol. The molecule has 1 saturated carbocycles. The van der Waals surface area contributed by atoms with Gasteiger partial charge in [0.2, 0.25) is 0 Å². The number of aromatic nitrogens is 1. The van der Waals surface area contributed by atoms with Crippen LogP contribution in [0.1, 0.15) is 61.8 Å². The topological polar surface area (TPSA) is 65.2 Å². The van der Waals surface area contributed by atoms with Crippen LogP contribution in [0.3, 0.4) is 0 Å². The number of urea groups is 1. The molecule has 24 heavy (non-hydrogen) atoms. The fraction of sp³-hybridized carbons (Fsp3) is 0.684. The SMILES string of the molecule is Cc1cc(C)c(CNC(=O)N2CCC3(CCCCC3)CC2)c(=O)[nH]1. The van der Waals surface area contributed by atoms with Gasteiger partial charge in [0.05, 0.1) is 6.54 Å². The minimum absolute atomic E-state index is 0.0416. The van der Waals surface area contributed by atoms with Crippen molar-refractivity contribution in [1.82, 2.24) is 15.2 Å². The molecule has 0 radical (unpaired) electrons. The van der Waals surface area contributed by atoms with E-state index >= 15 is 0 Å². The minimum Gasteiger partial charge on any atom is -0.334 e. The molecule has 132 valence electrons. The van der Waals surface area contributed by atoms with Crippen LogP contribution < -0.4 is 10.9 Å². The van der Waals surface area contributed by atoms with Crippen molar-refractivity contribution in [3.63, 3.8) is 0 Å². The smallest absolute Gasteiger partial charge is 0.317 e. The van der Waals surface area contributed by atoms with Gasteiger partial charge in [0.15, 0.2) is 0 Å². The third-order valence-electron chi connectivity index (χ3n) is 5.94. The highest BCUT2D eigenvalue weighted by Crippen LogP contribution is 2.44. The Hall–Kier alpha value is -1.78. The van der Waals surface area contributed by atoms with E-state index < -0.39 is 0 Å². The normalized spacial score (nSPS) is 20.2. The summed E-state index contributed by atoms with van der Waals surface area (Å²) in [5.74, 6) is 0. The molecule has 0 atom stereocenters. The molecule has 1 aliphatic carbocycles. The molecule has 2 fully saturated rings. The molecule has 2 N–H and O–H groups in total. The van der Waals surface area contributed by atoms with Crippen molar-refractivity contribution in [3.05, 3.63) is 33.2 Å². The maximum atomic E-state index is 12.4. The van der Waals surface area contributed by atoms with Crippen LogP contribution in [0.2, 0.25) is 0 Å². The lowest BCUT2D eigenvalue weighted by Crippen LogP contribution is -2.48. The first-order valence-electron chi connectivity index (χ1n) is 9.21. The molecule has 2 heterocycles. The lowest BCUT2D eigenvalue weighted by Gasteiger charge is -2.44. The maximum Gasteiger partial charge on any atom is 0.317 e. The largest absolute Gasteiger partial charge is 0.334 e. The first-order valence-corrected chi connectivity index (χ1v) is 9.21. The molecule has 1 spiro atoms. The van der Waals surface area contributed by atoms with Crippen molar-refractivity contribution in [3.8, 4) is 0 Å². The highest BCUT2D eigenvalue weighted by atomic mass is 16.2. The van der Waals surface area contributed by atoms with Gasteiger partial charge in [-0.3, -0.25) is 4.79 Å². The second-order valence-corrected chi connectivity index (χ2v) is 7.65. The molecule has 1 aromatic rings. The van der Waals surface area contributed by atoms with Gasteiger partial charge in [-0.05, 0) is 56.6 Å². The molecular weight excluding hydrogens is 302 g/mol. The van der Waals surface area contributed by atoms with Gasteiger partial charge >= 0.3 is 6.03 Å². The number of pyridine rings is 1. The summed E-state index contributed by atoms with van der Waals surface area (Å²) in [4.78, 5) is 29.2. The average molecular weight is 331 g/mol. The maximum absolute atomic E-state index is 12.4. The molecule has 5 nitrogen and oxygen atoms in total. The summed E-state index contributed by atoms with van der Waals surface area (Å²) < 4.78 is 0. The van der Waals surface area contributed by atoms with Crippen LogP contribution in [0.25, 0.3) is 0 Å². The number of piperidine rings is 1. The number of aryl methyl sites for hydroxylation is 2. The summed E-state index contributed by atoms with van der Waals surface area (Å²) in [6, 6.07) is 1.90. The van der Waals surface area contributed by atoms with Crippen LogP contribution in [0.4, 0.5) is 4.79 Å². The van der Waals surface area contributed by atoms with Gasteiger partial charge in [0.1, 0.15) is 0 Å². The van der Waals surface area contributed by atoms with Crippen LogP contribution in [0.15, 0.2) is 10.9 Å². The standard InChI is InChI=1S/C19H29N3O2/c1-14-12-15(2)21-17(23)16(14)13-20-18(24)22-10-8-19(9-11-22)6-4-3-5-7-19/h12H,3-11,13H2,1-2H3,(H,20,24)(H,21,23). The number of amides is 2. The van der Waals surface area contributed by atoms with E-state index in [0.29, 0.717) is 17.5 Å². The molecule has 1 aromatic heterocycles. The van der Waals surface area contributed by atoms with Crippen molar-refractivity contribution in [1.29, 1.82) is 0 Å². The lowest BCUT2D eigenvalue weighted by atomic mass is 9.68. The van der Waals surface area contributed by atoms with Crippen LogP contribution in [-0.4, -0.2) is 29.0 Å². The number of rotatable bonds is 2. The van der Waals surface area contributed by atoms with Crippen molar-refractivity contribution >= 4 is 6.03 Å². The Labute approximate surface area is 143 Å². The Morgan fingerprint density at radius 1 is 1.17 bits per heavy atom. The Morgan fingerprint density at radius 3 is 2.46 bits per heavy atom. The van der Waals surface area contributed by atoms with Gasteiger partial charge in [-0.15, -0.1) is 0 Å². The quantitative estimate of drug-likeness (QED) is 0.873. The molecule has 0 bridgehead atoms. The fourth-order valence-corrected chi connectivity index (χ4v) is 4.36. The number of carbonyl (C=O) groups is 1. The highest BCUT2D eigenvalue weighted by molar-refractivity contribution is 5.74.